The molecular weight excluding hydrogens is 350 g/mol. The smallest absolute Gasteiger partial charge is 0.328 e. The Balaban J connectivity index is 2.30. The van der Waals surface area contributed by atoms with E-state index in [0.717, 1.165) is 0 Å². The van der Waals surface area contributed by atoms with Gasteiger partial charge in [0.25, 0.3) is 5.91 Å². The molecular formula is C17H22ClNO6. The van der Waals surface area contributed by atoms with Gasteiger partial charge in [-0.3, -0.25) is 4.79 Å². The summed E-state index contributed by atoms with van der Waals surface area (Å²) in [5.74, 6) is -0.552. The van der Waals surface area contributed by atoms with Crippen LogP contribution in [0.2, 0.25) is 5.02 Å². The number of morpholine rings is 1. The van der Waals surface area contributed by atoms with E-state index >= 15 is 0 Å². The van der Waals surface area contributed by atoms with E-state index in [1.165, 1.54) is 24.1 Å². The number of halogens is 1. The Morgan fingerprint density at radius 1 is 1.44 bits per heavy atom. The summed E-state index contributed by atoms with van der Waals surface area (Å²) in [5.41, 5.74) is 0.242. The molecule has 0 radical (unpaired) electrons. The summed E-state index contributed by atoms with van der Waals surface area (Å²) in [7, 11) is 1.46. The zero-order valence-electron chi connectivity index (χ0n) is 14.5. The van der Waals surface area contributed by atoms with E-state index in [2.05, 4.69) is 0 Å². The van der Waals surface area contributed by atoms with Crippen LogP contribution in [0.25, 0.3) is 0 Å². The fraction of sp³-hybridized carbons (Fsp3) is 0.529. The van der Waals surface area contributed by atoms with E-state index in [0.29, 0.717) is 24.0 Å². The van der Waals surface area contributed by atoms with Crippen molar-refractivity contribution in [1.29, 1.82) is 0 Å². The molecule has 0 aromatic heterocycles. The maximum Gasteiger partial charge on any atom is 0.328 e. The van der Waals surface area contributed by atoms with Crippen LogP contribution < -0.4 is 9.47 Å². The van der Waals surface area contributed by atoms with Crippen LogP contribution >= 0.6 is 11.6 Å². The van der Waals surface area contributed by atoms with Crippen molar-refractivity contribution in [2.45, 2.75) is 19.9 Å². The maximum absolute atomic E-state index is 12.8. The number of carbonyl (C=O) groups excluding carboxylic acids is 1. The summed E-state index contributed by atoms with van der Waals surface area (Å²) in [4.78, 5) is 25.4. The molecule has 0 bridgehead atoms. The van der Waals surface area contributed by atoms with Crippen molar-refractivity contribution in [3.05, 3.63) is 22.7 Å². The standard InChI is InChI=1S/C17H22ClNO6/c1-10(2)8-25-15-12(18)6-11(7-14(15)23-3)16(20)19-4-5-24-9-13(19)17(21)22/h6-7,10,13H,4-5,8-9H2,1-3H3,(H,21,22)/t13-/m0/s1. The van der Waals surface area contributed by atoms with E-state index < -0.39 is 17.9 Å². The van der Waals surface area contributed by atoms with Gasteiger partial charge in [-0.15, -0.1) is 0 Å². The molecule has 1 heterocycles. The molecule has 1 amide bonds. The lowest BCUT2D eigenvalue weighted by Gasteiger charge is -2.33. The van der Waals surface area contributed by atoms with Gasteiger partial charge in [-0.25, -0.2) is 4.79 Å². The first kappa shape index (κ1) is 19.3. The summed E-state index contributed by atoms with van der Waals surface area (Å²) in [6, 6.07) is 1.96. The molecule has 0 unspecified atom stereocenters. The fourth-order valence-electron chi connectivity index (χ4n) is 2.45. The van der Waals surface area contributed by atoms with Gasteiger partial charge in [-0.1, -0.05) is 25.4 Å². The molecule has 1 aromatic rings. The minimum atomic E-state index is -1.11. The Kier molecular flexibility index (Phi) is 6.50. The van der Waals surface area contributed by atoms with Gasteiger partial charge in [-0.05, 0) is 18.1 Å². The Morgan fingerprint density at radius 3 is 2.76 bits per heavy atom. The van der Waals surface area contributed by atoms with Crippen molar-refractivity contribution in [2.24, 2.45) is 5.92 Å². The second kappa shape index (κ2) is 8.40. The predicted molar refractivity (Wildman–Crippen MR) is 91.6 cm³/mol. The average Bonchev–Trinajstić information content (AvgIpc) is 2.59. The molecule has 1 aromatic carbocycles. The molecule has 1 aliphatic rings. The topological polar surface area (TPSA) is 85.3 Å². The fourth-order valence-corrected chi connectivity index (χ4v) is 2.72. The number of carbonyl (C=O) groups is 2. The lowest BCUT2D eigenvalue weighted by molar-refractivity contribution is -0.147. The summed E-state index contributed by atoms with van der Waals surface area (Å²) < 4.78 is 16.1. The molecule has 1 aliphatic heterocycles. The average molecular weight is 372 g/mol. The molecule has 1 fully saturated rings. The minimum Gasteiger partial charge on any atom is -0.493 e. The lowest BCUT2D eigenvalue weighted by Crippen LogP contribution is -2.52. The second-order valence-electron chi connectivity index (χ2n) is 6.12. The highest BCUT2D eigenvalue weighted by atomic mass is 35.5. The minimum absolute atomic E-state index is 0.0402. The Morgan fingerprint density at radius 2 is 2.16 bits per heavy atom. The van der Waals surface area contributed by atoms with Gasteiger partial charge in [0.2, 0.25) is 0 Å². The number of amides is 1. The molecule has 25 heavy (non-hydrogen) atoms. The molecule has 1 atom stereocenters. The van der Waals surface area contributed by atoms with Crippen molar-refractivity contribution < 1.29 is 28.9 Å². The van der Waals surface area contributed by atoms with Crippen molar-refractivity contribution in [3.63, 3.8) is 0 Å². The van der Waals surface area contributed by atoms with E-state index in [-0.39, 0.29) is 30.3 Å². The summed E-state index contributed by atoms with van der Waals surface area (Å²) in [6.07, 6.45) is 0. The van der Waals surface area contributed by atoms with Crippen molar-refractivity contribution in [1.82, 2.24) is 4.90 Å². The zero-order chi connectivity index (χ0) is 18.6. The van der Waals surface area contributed by atoms with Crippen molar-refractivity contribution in [3.8, 4) is 11.5 Å². The quantitative estimate of drug-likeness (QED) is 0.825. The van der Waals surface area contributed by atoms with E-state index in [1.807, 2.05) is 13.8 Å². The number of benzene rings is 1. The summed E-state index contributed by atoms with van der Waals surface area (Å²) in [5, 5.41) is 9.52. The first-order valence-electron chi connectivity index (χ1n) is 7.97. The van der Waals surface area contributed by atoms with E-state index in [9.17, 15) is 14.7 Å². The molecule has 0 aliphatic carbocycles. The Labute approximate surface area is 151 Å². The molecule has 138 valence electrons. The lowest BCUT2D eigenvalue weighted by atomic mass is 10.1. The molecule has 0 saturated carbocycles. The van der Waals surface area contributed by atoms with Crippen LogP contribution in [0.3, 0.4) is 0 Å². The number of carboxylic acids is 1. The number of carboxylic acid groups (broad SMARTS) is 1. The number of methoxy groups -OCH3 is 1. The van der Waals surface area contributed by atoms with Gasteiger partial charge >= 0.3 is 5.97 Å². The maximum atomic E-state index is 12.8. The van der Waals surface area contributed by atoms with Gasteiger partial charge in [0.15, 0.2) is 17.5 Å². The monoisotopic (exact) mass is 371 g/mol. The van der Waals surface area contributed by atoms with Gasteiger partial charge in [0.05, 0.1) is 32.0 Å². The normalized spacial score (nSPS) is 17.5. The Bertz CT molecular complexity index is 648. The predicted octanol–water partition coefficient (Wildman–Crippen LogP) is 2.31. The summed E-state index contributed by atoms with van der Waals surface area (Å²) in [6.45, 7) is 4.90. The van der Waals surface area contributed by atoms with Crippen LogP contribution in [0.5, 0.6) is 11.5 Å². The van der Waals surface area contributed by atoms with Gasteiger partial charge in [-0.2, -0.15) is 0 Å². The number of rotatable bonds is 6. The number of hydrogen-bond donors (Lipinski definition) is 1. The molecule has 1 N–H and O–H groups in total. The number of aliphatic carboxylic acids is 1. The first-order valence-corrected chi connectivity index (χ1v) is 8.34. The second-order valence-corrected chi connectivity index (χ2v) is 6.53. The molecule has 0 spiro atoms. The van der Waals surface area contributed by atoms with Crippen LogP contribution in [0.4, 0.5) is 0 Å². The summed E-state index contributed by atoms with van der Waals surface area (Å²) >= 11 is 6.26. The third-order valence-corrected chi connectivity index (χ3v) is 3.99. The van der Waals surface area contributed by atoms with Gasteiger partial charge in [0.1, 0.15) is 0 Å². The van der Waals surface area contributed by atoms with Crippen molar-refractivity contribution in [2.75, 3.05) is 33.5 Å². The van der Waals surface area contributed by atoms with Crippen LogP contribution in [0.15, 0.2) is 12.1 Å². The molecule has 1 saturated heterocycles. The zero-order valence-corrected chi connectivity index (χ0v) is 15.2. The Hall–Kier alpha value is -1.99. The third kappa shape index (κ3) is 4.55. The number of ether oxygens (including phenoxy) is 3. The van der Waals surface area contributed by atoms with Crippen LogP contribution in [0.1, 0.15) is 24.2 Å². The first-order chi connectivity index (χ1) is 11.8. The highest BCUT2D eigenvalue weighted by molar-refractivity contribution is 6.32. The van der Waals surface area contributed by atoms with E-state index in [4.69, 9.17) is 25.8 Å². The van der Waals surface area contributed by atoms with Crippen LogP contribution in [0, 0.1) is 5.92 Å². The van der Waals surface area contributed by atoms with Gasteiger partial charge in [0, 0.05) is 12.1 Å². The molecule has 7 nitrogen and oxygen atoms in total. The third-order valence-electron chi connectivity index (χ3n) is 3.71. The highest BCUT2D eigenvalue weighted by Gasteiger charge is 2.33. The largest absolute Gasteiger partial charge is 0.493 e. The number of nitrogens with zero attached hydrogens (tertiary/aromatic N) is 1. The number of hydrogen-bond acceptors (Lipinski definition) is 5. The van der Waals surface area contributed by atoms with Crippen LogP contribution in [-0.4, -0.2) is 61.4 Å². The van der Waals surface area contributed by atoms with Gasteiger partial charge < -0.3 is 24.2 Å². The SMILES string of the molecule is COc1cc(C(=O)N2CCOC[C@H]2C(=O)O)cc(Cl)c1OCC(C)C. The molecule has 8 heteroatoms. The highest BCUT2D eigenvalue weighted by Crippen LogP contribution is 2.37. The van der Waals surface area contributed by atoms with E-state index in [1.54, 1.807) is 0 Å². The van der Waals surface area contributed by atoms with Crippen molar-refractivity contribution >= 4 is 23.5 Å². The van der Waals surface area contributed by atoms with Crippen LogP contribution in [-0.2, 0) is 9.53 Å². The molecule has 2 rings (SSSR count).